The van der Waals surface area contributed by atoms with Gasteiger partial charge < -0.3 is 19.9 Å². The largest absolute Gasteiger partial charge is 0.370 e. The minimum absolute atomic E-state index is 0. The number of rotatable bonds is 6. The maximum atomic E-state index is 12.3. The summed E-state index contributed by atoms with van der Waals surface area (Å²) in [4.78, 5) is 23.1. The van der Waals surface area contributed by atoms with Crippen LogP contribution in [0.2, 0.25) is 0 Å². The average molecular weight is 533 g/mol. The summed E-state index contributed by atoms with van der Waals surface area (Å²) in [5, 5.41) is 7.73. The van der Waals surface area contributed by atoms with Gasteiger partial charge in [-0.05, 0) is 25.8 Å². The Balaban J connectivity index is 0.00000320. The van der Waals surface area contributed by atoms with Gasteiger partial charge in [-0.15, -0.1) is 24.0 Å². The van der Waals surface area contributed by atoms with E-state index in [0.717, 1.165) is 63.5 Å². The summed E-state index contributed by atoms with van der Waals surface area (Å²) in [6, 6.07) is 0.0452. The molecule has 0 spiro atoms. The molecule has 2 atom stereocenters. The zero-order valence-electron chi connectivity index (χ0n) is 18.6. The minimum Gasteiger partial charge on any atom is -0.370 e. The van der Waals surface area contributed by atoms with Crippen LogP contribution in [0.15, 0.2) is 17.4 Å². The molecule has 1 aromatic heterocycles. The third-order valence-corrected chi connectivity index (χ3v) is 5.67. The van der Waals surface area contributed by atoms with Crippen molar-refractivity contribution in [2.75, 3.05) is 60.5 Å². The van der Waals surface area contributed by atoms with Crippen molar-refractivity contribution in [1.29, 1.82) is 0 Å². The number of carbonyl (C=O) groups is 1. The van der Waals surface area contributed by atoms with Gasteiger partial charge in [-0.2, -0.15) is 5.10 Å². The molecule has 0 aliphatic carbocycles. The molecule has 170 valence electrons. The van der Waals surface area contributed by atoms with Crippen molar-refractivity contribution in [1.82, 2.24) is 29.8 Å². The molecule has 2 aliphatic rings. The van der Waals surface area contributed by atoms with E-state index in [1.807, 2.05) is 40.6 Å². The Morgan fingerprint density at radius 2 is 2.20 bits per heavy atom. The van der Waals surface area contributed by atoms with E-state index in [1.165, 1.54) is 0 Å². The SMILES string of the molecule is CN=C(NCCCN1CCCC1C(=O)N(C)C)N1CCOC(c2cnn(C)c2)C1.I. The van der Waals surface area contributed by atoms with E-state index in [9.17, 15) is 4.79 Å². The van der Waals surface area contributed by atoms with Crippen molar-refractivity contribution in [3.63, 3.8) is 0 Å². The molecule has 10 heteroatoms. The minimum atomic E-state index is 0. The number of morpholine rings is 1. The smallest absolute Gasteiger partial charge is 0.239 e. The molecule has 2 unspecified atom stereocenters. The van der Waals surface area contributed by atoms with Crippen molar-refractivity contribution >= 4 is 35.8 Å². The lowest BCUT2D eigenvalue weighted by molar-refractivity contribution is -0.133. The third kappa shape index (κ3) is 6.30. The number of nitrogens with zero attached hydrogens (tertiary/aromatic N) is 6. The van der Waals surface area contributed by atoms with Gasteiger partial charge in [0.15, 0.2) is 5.96 Å². The second-order valence-electron chi connectivity index (χ2n) is 8.01. The topological polar surface area (TPSA) is 78.2 Å². The number of carbonyl (C=O) groups excluding carboxylic acids is 1. The summed E-state index contributed by atoms with van der Waals surface area (Å²) in [7, 11) is 7.42. The van der Waals surface area contributed by atoms with Crippen LogP contribution in [0.25, 0.3) is 0 Å². The Morgan fingerprint density at radius 3 is 2.87 bits per heavy atom. The highest BCUT2D eigenvalue weighted by Gasteiger charge is 2.31. The monoisotopic (exact) mass is 533 g/mol. The first kappa shape index (κ1) is 24.9. The molecule has 9 nitrogen and oxygen atoms in total. The van der Waals surface area contributed by atoms with Crippen molar-refractivity contribution in [3.05, 3.63) is 18.0 Å². The van der Waals surface area contributed by atoms with Crippen LogP contribution in [0.5, 0.6) is 0 Å². The molecule has 1 aromatic rings. The molecule has 0 aromatic carbocycles. The molecule has 1 N–H and O–H groups in total. The van der Waals surface area contributed by atoms with Gasteiger partial charge in [0.05, 0.1) is 25.4 Å². The van der Waals surface area contributed by atoms with Crippen LogP contribution < -0.4 is 5.32 Å². The van der Waals surface area contributed by atoms with E-state index in [4.69, 9.17) is 4.74 Å². The maximum Gasteiger partial charge on any atom is 0.239 e. The number of aryl methyl sites for hydroxylation is 1. The number of aliphatic imine (C=N–C) groups is 1. The summed E-state index contributed by atoms with van der Waals surface area (Å²) in [5.41, 5.74) is 1.10. The number of likely N-dealkylation sites (tertiary alicyclic amines) is 1. The molecule has 1 amide bonds. The second kappa shape index (κ2) is 11.8. The first-order valence-corrected chi connectivity index (χ1v) is 10.5. The third-order valence-electron chi connectivity index (χ3n) is 5.67. The van der Waals surface area contributed by atoms with Crippen LogP contribution in [0, 0.1) is 0 Å². The fourth-order valence-electron chi connectivity index (χ4n) is 4.14. The number of nitrogens with one attached hydrogen (secondary N) is 1. The number of guanidine groups is 1. The van der Waals surface area contributed by atoms with Crippen molar-refractivity contribution < 1.29 is 9.53 Å². The second-order valence-corrected chi connectivity index (χ2v) is 8.01. The van der Waals surface area contributed by atoms with Gasteiger partial charge in [0, 0.05) is 59.6 Å². The van der Waals surface area contributed by atoms with E-state index in [2.05, 4.69) is 25.2 Å². The highest BCUT2D eigenvalue weighted by Crippen LogP contribution is 2.22. The summed E-state index contributed by atoms with van der Waals surface area (Å²) < 4.78 is 7.73. The normalized spacial score (nSPS) is 22.7. The molecule has 0 radical (unpaired) electrons. The fourth-order valence-corrected chi connectivity index (χ4v) is 4.14. The number of halogens is 1. The van der Waals surface area contributed by atoms with E-state index >= 15 is 0 Å². The molecule has 3 rings (SSSR count). The van der Waals surface area contributed by atoms with E-state index in [1.54, 1.807) is 9.58 Å². The van der Waals surface area contributed by atoms with Crippen LogP contribution in [-0.2, 0) is 16.6 Å². The molecule has 2 saturated heterocycles. The number of ether oxygens (including phenoxy) is 1. The standard InChI is InChI=1S/C20H35N7O2.HI/c1-21-20(27-11-12-29-18(15-27)16-13-23-25(4)14-16)22-8-6-10-26-9-5-7-17(26)19(28)24(2)3;/h13-14,17-18H,5-12,15H2,1-4H3,(H,21,22);1H. The van der Waals surface area contributed by atoms with E-state index in [-0.39, 0.29) is 42.0 Å². The van der Waals surface area contributed by atoms with Gasteiger partial charge in [0.25, 0.3) is 0 Å². The van der Waals surface area contributed by atoms with Crippen molar-refractivity contribution in [2.45, 2.75) is 31.4 Å². The molecular weight excluding hydrogens is 497 g/mol. The lowest BCUT2D eigenvalue weighted by Crippen LogP contribution is -2.48. The summed E-state index contributed by atoms with van der Waals surface area (Å²) in [5.74, 6) is 1.13. The van der Waals surface area contributed by atoms with Crippen LogP contribution >= 0.6 is 24.0 Å². The average Bonchev–Trinajstić information content (AvgIpc) is 3.36. The number of likely N-dealkylation sites (N-methyl/N-ethyl adjacent to an activating group) is 1. The van der Waals surface area contributed by atoms with E-state index < -0.39 is 0 Å². The van der Waals surface area contributed by atoms with Crippen molar-refractivity contribution in [3.8, 4) is 0 Å². The molecular formula is C20H36IN7O2. The first-order chi connectivity index (χ1) is 14.0. The lowest BCUT2D eigenvalue weighted by Gasteiger charge is -2.35. The summed E-state index contributed by atoms with van der Waals surface area (Å²) in [6.45, 7) is 5.02. The number of amides is 1. The predicted molar refractivity (Wildman–Crippen MR) is 128 cm³/mol. The van der Waals surface area contributed by atoms with Crippen LogP contribution in [-0.4, -0.2) is 103 Å². The number of hydrogen-bond acceptors (Lipinski definition) is 5. The van der Waals surface area contributed by atoms with Gasteiger partial charge in [-0.3, -0.25) is 19.4 Å². The molecule has 2 aliphatic heterocycles. The Labute approximate surface area is 196 Å². The number of aromatic nitrogens is 2. The Hall–Kier alpha value is -1.40. The zero-order chi connectivity index (χ0) is 20.8. The van der Waals surface area contributed by atoms with Gasteiger partial charge >= 0.3 is 0 Å². The maximum absolute atomic E-state index is 12.3. The quantitative estimate of drug-likeness (QED) is 0.254. The van der Waals surface area contributed by atoms with Gasteiger partial charge in [0.2, 0.25) is 5.91 Å². The Bertz CT molecular complexity index is 709. The zero-order valence-corrected chi connectivity index (χ0v) is 20.9. The summed E-state index contributed by atoms with van der Waals surface area (Å²) >= 11 is 0. The van der Waals surface area contributed by atoms with Crippen LogP contribution in [0.1, 0.15) is 30.9 Å². The number of hydrogen-bond donors (Lipinski definition) is 1. The Kier molecular flexibility index (Phi) is 9.82. The van der Waals surface area contributed by atoms with Crippen LogP contribution in [0.3, 0.4) is 0 Å². The molecule has 3 heterocycles. The molecule has 0 bridgehead atoms. The van der Waals surface area contributed by atoms with E-state index in [0.29, 0.717) is 6.61 Å². The predicted octanol–water partition coefficient (Wildman–Crippen LogP) is 0.930. The lowest BCUT2D eigenvalue weighted by atomic mass is 10.1. The highest BCUT2D eigenvalue weighted by atomic mass is 127. The summed E-state index contributed by atoms with van der Waals surface area (Å²) in [6.07, 6.45) is 6.93. The van der Waals surface area contributed by atoms with Gasteiger partial charge in [-0.1, -0.05) is 0 Å². The Morgan fingerprint density at radius 1 is 1.40 bits per heavy atom. The van der Waals surface area contributed by atoms with Crippen LogP contribution in [0.4, 0.5) is 0 Å². The molecule has 2 fully saturated rings. The van der Waals surface area contributed by atoms with Gasteiger partial charge in [0.1, 0.15) is 6.10 Å². The van der Waals surface area contributed by atoms with Gasteiger partial charge in [-0.25, -0.2) is 0 Å². The highest BCUT2D eigenvalue weighted by molar-refractivity contribution is 14.0. The molecule has 30 heavy (non-hydrogen) atoms. The first-order valence-electron chi connectivity index (χ1n) is 10.5. The van der Waals surface area contributed by atoms with Crippen molar-refractivity contribution in [2.24, 2.45) is 12.0 Å². The molecule has 0 saturated carbocycles. The fraction of sp³-hybridized carbons (Fsp3) is 0.750.